The fourth-order valence-corrected chi connectivity index (χ4v) is 2.73. The predicted octanol–water partition coefficient (Wildman–Crippen LogP) is 3.57. The van der Waals surface area contributed by atoms with Crippen molar-refractivity contribution in [2.24, 2.45) is 0 Å². The minimum absolute atomic E-state index is 0.267. The van der Waals surface area contributed by atoms with Gasteiger partial charge in [-0.15, -0.1) is 0 Å². The quantitative estimate of drug-likeness (QED) is 0.771. The SMILES string of the molecule is CC(Cc1ccc(C(F)(F)F)cc1)[Te](C)(=O)=O. The summed E-state index contributed by atoms with van der Waals surface area (Å²) in [5, 5.41) is 0. The molecule has 0 amide bonds. The van der Waals surface area contributed by atoms with Gasteiger partial charge in [-0.3, -0.25) is 0 Å². The normalized spacial score (nSPS) is 14.6. The maximum absolute atomic E-state index is 12.3. The zero-order valence-electron chi connectivity index (χ0n) is 9.45. The van der Waals surface area contributed by atoms with Gasteiger partial charge < -0.3 is 0 Å². The van der Waals surface area contributed by atoms with Gasteiger partial charge in [-0.1, -0.05) is 0 Å². The van der Waals surface area contributed by atoms with Crippen molar-refractivity contribution in [2.75, 3.05) is 0 Å². The Balaban J connectivity index is 2.83. The molecule has 1 rings (SSSR count). The molecule has 0 aromatic heterocycles. The molecular formula is C11H13F3O2Te. The van der Waals surface area contributed by atoms with E-state index in [1.807, 2.05) is 0 Å². The fraction of sp³-hybridized carbons (Fsp3) is 0.455. The fourth-order valence-electron chi connectivity index (χ4n) is 1.31. The molecule has 1 aromatic rings. The molecule has 0 bridgehead atoms. The molecule has 1 aromatic carbocycles. The topological polar surface area (TPSA) is 34.1 Å². The van der Waals surface area contributed by atoms with Crippen LogP contribution in [0, 0.1) is 0 Å². The Morgan fingerprint density at radius 1 is 1.18 bits per heavy atom. The van der Waals surface area contributed by atoms with Crippen molar-refractivity contribution in [1.29, 1.82) is 0 Å². The van der Waals surface area contributed by atoms with E-state index < -0.39 is 33.9 Å². The molecule has 0 aliphatic carbocycles. The van der Waals surface area contributed by atoms with Crippen LogP contribution >= 0.6 is 0 Å². The Hall–Kier alpha value is -0.600. The molecule has 0 aliphatic heterocycles. The van der Waals surface area contributed by atoms with Crippen LogP contribution in [0.2, 0.25) is 8.94 Å². The summed E-state index contributed by atoms with van der Waals surface area (Å²) in [5.41, 5.74) is -0.114. The van der Waals surface area contributed by atoms with Gasteiger partial charge in [-0.2, -0.15) is 0 Å². The maximum atomic E-state index is 12.3. The van der Waals surface area contributed by atoms with Crippen molar-refractivity contribution in [3.63, 3.8) is 0 Å². The third kappa shape index (κ3) is 4.29. The number of rotatable bonds is 3. The van der Waals surface area contributed by atoms with Gasteiger partial charge in [0.25, 0.3) is 0 Å². The molecular weight excluding hydrogens is 349 g/mol. The van der Waals surface area contributed by atoms with Crippen molar-refractivity contribution in [2.45, 2.75) is 28.5 Å². The standard InChI is InChI=1S/C11H13F3O2Te/c1-8(17(2,15)16)7-9-3-5-10(6-4-9)11(12,13)14/h3-6,8H,7H2,1-2H3. The summed E-state index contributed by atoms with van der Waals surface area (Å²) in [7, 11) is 0. The molecule has 0 N–H and O–H groups in total. The molecule has 0 aliphatic rings. The van der Waals surface area contributed by atoms with Crippen LogP contribution < -0.4 is 0 Å². The first-order valence-electron chi connectivity index (χ1n) is 4.95. The molecule has 0 saturated heterocycles. The Morgan fingerprint density at radius 3 is 2.00 bits per heavy atom. The monoisotopic (exact) mass is 364 g/mol. The van der Waals surface area contributed by atoms with Gasteiger partial charge >= 0.3 is 101 Å². The second-order valence-electron chi connectivity index (χ2n) is 4.04. The molecule has 6 heteroatoms. The third-order valence-corrected chi connectivity index (χ3v) is 7.18. The summed E-state index contributed by atoms with van der Waals surface area (Å²) in [6, 6.07) is 4.60. The third-order valence-electron chi connectivity index (χ3n) is 2.54. The molecule has 1 atom stereocenters. The van der Waals surface area contributed by atoms with Crippen molar-refractivity contribution < 1.29 is 19.4 Å². The van der Waals surface area contributed by atoms with E-state index in [0.29, 0.717) is 5.56 Å². The van der Waals surface area contributed by atoms with Gasteiger partial charge in [0, 0.05) is 0 Å². The number of hydrogen-bond acceptors (Lipinski definition) is 2. The summed E-state index contributed by atoms with van der Waals surface area (Å²) >= 11 is -4.23. The first-order valence-corrected chi connectivity index (χ1v) is 10.5. The van der Waals surface area contributed by atoms with Crippen LogP contribution in [0.15, 0.2) is 24.3 Å². The average molecular weight is 362 g/mol. The first-order chi connectivity index (χ1) is 7.60. The van der Waals surface area contributed by atoms with E-state index in [-0.39, 0.29) is 6.42 Å². The molecule has 0 saturated carbocycles. The summed E-state index contributed by atoms with van der Waals surface area (Å²) in [6.07, 6.45) is -4.09. The number of halogens is 3. The van der Waals surface area contributed by atoms with Gasteiger partial charge in [0.2, 0.25) is 0 Å². The first kappa shape index (κ1) is 14.5. The van der Waals surface area contributed by atoms with Crippen LogP contribution in [-0.2, 0) is 18.8 Å². The molecule has 0 spiro atoms. The second kappa shape index (κ2) is 4.95. The number of benzene rings is 1. The zero-order chi connectivity index (χ0) is 13.3. The van der Waals surface area contributed by atoms with Gasteiger partial charge in [-0.25, -0.2) is 0 Å². The van der Waals surface area contributed by atoms with Crippen LogP contribution in [-0.4, -0.2) is 18.1 Å². The van der Waals surface area contributed by atoms with Gasteiger partial charge in [0.05, 0.1) is 0 Å². The van der Waals surface area contributed by atoms with Crippen molar-refractivity contribution in [1.82, 2.24) is 0 Å². The van der Waals surface area contributed by atoms with Crippen LogP contribution in [0.5, 0.6) is 0 Å². The average Bonchev–Trinajstić information content (AvgIpc) is 2.15. The molecule has 0 fully saturated rings. The van der Waals surface area contributed by atoms with E-state index in [4.69, 9.17) is 0 Å². The van der Waals surface area contributed by atoms with E-state index in [2.05, 4.69) is 0 Å². The van der Waals surface area contributed by atoms with Crippen LogP contribution in [0.3, 0.4) is 0 Å². The molecule has 2 nitrogen and oxygen atoms in total. The molecule has 1 unspecified atom stereocenters. The molecule has 0 heterocycles. The van der Waals surface area contributed by atoms with Gasteiger partial charge in [0.1, 0.15) is 0 Å². The van der Waals surface area contributed by atoms with Crippen molar-refractivity contribution in [3.05, 3.63) is 35.4 Å². The zero-order valence-corrected chi connectivity index (χ0v) is 11.8. The van der Waals surface area contributed by atoms with E-state index >= 15 is 0 Å². The van der Waals surface area contributed by atoms with E-state index in [1.54, 1.807) is 6.92 Å². The summed E-state index contributed by atoms with van der Waals surface area (Å²) in [4.78, 5) is 1.22. The predicted molar refractivity (Wildman–Crippen MR) is 57.6 cm³/mol. The molecule has 17 heavy (non-hydrogen) atoms. The summed E-state index contributed by atoms with van der Waals surface area (Å²) in [5.74, 6) is 0. The Kier molecular flexibility index (Phi) is 4.21. The van der Waals surface area contributed by atoms with E-state index in [1.165, 1.54) is 17.1 Å². The van der Waals surface area contributed by atoms with E-state index in [0.717, 1.165) is 12.1 Å². The number of hydrogen-bond donors (Lipinski definition) is 0. The second-order valence-corrected chi connectivity index (χ2v) is 11.1. The van der Waals surface area contributed by atoms with Gasteiger partial charge in [0.15, 0.2) is 0 Å². The molecule has 0 radical (unpaired) electrons. The van der Waals surface area contributed by atoms with Crippen molar-refractivity contribution in [3.8, 4) is 0 Å². The molecule has 96 valence electrons. The van der Waals surface area contributed by atoms with Crippen LogP contribution in [0.4, 0.5) is 13.2 Å². The van der Waals surface area contributed by atoms with E-state index in [9.17, 15) is 19.4 Å². The Bertz CT molecular complexity index is 474. The van der Waals surface area contributed by atoms with Crippen LogP contribution in [0.1, 0.15) is 18.1 Å². The van der Waals surface area contributed by atoms with Gasteiger partial charge in [-0.05, 0) is 0 Å². The summed E-state index contributed by atoms with van der Waals surface area (Å²) < 4.78 is 58.9. The number of alkyl halides is 3. The summed E-state index contributed by atoms with van der Waals surface area (Å²) in [6.45, 7) is 1.58. The Morgan fingerprint density at radius 2 is 1.65 bits per heavy atom. The minimum atomic E-state index is -4.35. The van der Waals surface area contributed by atoms with Crippen LogP contribution in [0.25, 0.3) is 0 Å². The van der Waals surface area contributed by atoms with Crippen molar-refractivity contribution >= 4 is 18.1 Å². The Labute approximate surface area is 101 Å².